The highest BCUT2D eigenvalue weighted by Crippen LogP contribution is 2.24. The van der Waals surface area contributed by atoms with Crippen molar-refractivity contribution in [2.45, 2.75) is 25.8 Å². The molecule has 1 unspecified atom stereocenters. The van der Waals surface area contributed by atoms with Gasteiger partial charge in [-0.15, -0.1) is 0 Å². The summed E-state index contributed by atoms with van der Waals surface area (Å²) >= 11 is 0. The van der Waals surface area contributed by atoms with Crippen molar-refractivity contribution in [3.05, 3.63) is 11.8 Å². The standard InChI is InChI=1S/C10H17N5O/c1-7-5-12-9(15-11)13-8(7)14-10(2)3-4-16-6-10/h5H,3-4,6,11H2,1-2H3,(H2,12,13,14,15). The molecular formula is C10H17N5O. The van der Waals surface area contributed by atoms with Gasteiger partial charge < -0.3 is 10.1 Å². The zero-order valence-corrected chi connectivity index (χ0v) is 9.58. The van der Waals surface area contributed by atoms with Gasteiger partial charge in [0, 0.05) is 18.4 Å². The van der Waals surface area contributed by atoms with Crippen molar-refractivity contribution in [2.24, 2.45) is 5.84 Å². The van der Waals surface area contributed by atoms with E-state index >= 15 is 0 Å². The van der Waals surface area contributed by atoms with Gasteiger partial charge in [0.1, 0.15) is 5.82 Å². The number of hydrogen-bond acceptors (Lipinski definition) is 6. The highest BCUT2D eigenvalue weighted by molar-refractivity contribution is 5.48. The number of aryl methyl sites for hydroxylation is 1. The van der Waals surface area contributed by atoms with Crippen LogP contribution >= 0.6 is 0 Å². The maximum Gasteiger partial charge on any atom is 0.239 e. The lowest BCUT2D eigenvalue weighted by Crippen LogP contribution is -2.35. The van der Waals surface area contributed by atoms with Crippen LogP contribution in [-0.2, 0) is 4.74 Å². The lowest BCUT2D eigenvalue weighted by molar-refractivity contribution is 0.185. The molecule has 1 aromatic rings. The summed E-state index contributed by atoms with van der Waals surface area (Å²) in [7, 11) is 0. The minimum atomic E-state index is -0.0506. The van der Waals surface area contributed by atoms with E-state index in [-0.39, 0.29) is 5.54 Å². The van der Waals surface area contributed by atoms with Gasteiger partial charge in [0.25, 0.3) is 0 Å². The van der Waals surface area contributed by atoms with Gasteiger partial charge in [-0.2, -0.15) is 4.98 Å². The van der Waals surface area contributed by atoms with Crippen molar-refractivity contribution in [3.8, 4) is 0 Å². The van der Waals surface area contributed by atoms with Gasteiger partial charge in [0.05, 0.1) is 12.1 Å². The summed E-state index contributed by atoms with van der Waals surface area (Å²) in [6.45, 7) is 5.57. The number of aromatic nitrogens is 2. The molecule has 6 heteroatoms. The molecule has 0 aliphatic carbocycles. The summed E-state index contributed by atoms with van der Waals surface area (Å²) in [6, 6.07) is 0. The van der Waals surface area contributed by atoms with Crippen LogP contribution in [0.4, 0.5) is 11.8 Å². The van der Waals surface area contributed by atoms with E-state index in [2.05, 4.69) is 27.6 Å². The number of nitrogens with one attached hydrogen (secondary N) is 2. The van der Waals surface area contributed by atoms with Crippen LogP contribution in [0, 0.1) is 6.92 Å². The molecule has 1 fully saturated rings. The molecule has 0 spiro atoms. The fourth-order valence-corrected chi connectivity index (χ4v) is 1.69. The summed E-state index contributed by atoms with van der Waals surface area (Å²) < 4.78 is 5.38. The Balaban J connectivity index is 2.19. The Hall–Kier alpha value is -1.40. The number of nitrogens with two attached hydrogens (primary N) is 1. The van der Waals surface area contributed by atoms with E-state index in [9.17, 15) is 0 Å². The Morgan fingerprint density at radius 1 is 1.56 bits per heavy atom. The lowest BCUT2D eigenvalue weighted by atomic mass is 10.0. The fraction of sp³-hybridized carbons (Fsp3) is 0.600. The highest BCUT2D eigenvalue weighted by atomic mass is 16.5. The zero-order chi connectivity index (χ0) is 11.6. The van der Waals surface area contributed by atoms with E-state index in [1.807, 2.05) is 6.92 Å². The Labute approximate surface area is 94.6 Å². The molecule has 0 amide bonds. The second-order valence-corrected chi connectivity index (χ2v) is 4.36. The molecule has 0 radical (unpaired) electrons. The SMILES string of the molecule is Cc1cnc(NN)nc1NC1(C)CCOC1. The van der Waals surface area contributed by atoms with E-state index < -0.39 is 0 Å². The van der Waals surface area contributed by atoms with E-state index in [4.69, 9.17) is 10.6 Å². The average molecular weight is 223 g/mol. The number of nitrogens with zero attached hydrogens (tertiary/aromatic N) is 2. The molecule has 2 rings (SSSR count). The Kier molecular flexibility index (Phi) is 2.93. The Bertz CT molecular complexity index is 375. The van der Waals surface area contributed by atoms with Gasteiger partial charge >= 0.3 is 0 Å². The monoisotopic (exact) mass is 223 g/mol. The van der Waals surface area contributed by atoms with Crippen molar-refractivity contribution < 1.29 is 4.74 Å². The Morgan fingerprint density at radius 3 is 3.00 bits per heavy atom. The second-order valence-electron chi connectivity index (χ2n) is 4.36. The van der Waals surface area contributed by atoms with Crippen LogP contribution in [0.5, 0.6) is 0 Å². The third kappa shape index (κ3) is 2.23. The average Bonchev–Trinajstić information content (AvgIpc) is 2.68. The van der Waals surface area contributed by atoms with Crippen molar-refractivity contribution >= 4 is 11.8 Å². The summed E-state index contributed by atoms with van der Waals surface area (Å²) in [5, 5.41) is 3.39. The second kappa shape index (κ2) is 4.23. The first kappa shape index (κ1) is 11.1. The van der Waals surface area contributed by atoms with Crippen LogP contribution < -0.4 is 16.6 Å². The quantitative estimate of drug-likeness (QED) is 0.515. The van der Waals surface area contributed by atoms with Crippen LogP contribution in [0.2, 0.25) is 0 Å². The number of hydrogen-bond donors (Lipinski definition) is 3. The molecule has 2 heterocycles. The van der Waals surface area contributed by atoms with Crippen LogP contribution in [0.25, 0.3) is 0 Å². The first-order valence-electron chi connectivity index (χ1n) is 5.29. The first-order valence-corrected chi connectivity index (χ1v) is 5.29. The van der Waals surface area contributed by atoms with Gasteiger partial charge in [0.2, 0.25) is 5.95 Å². The minimum absolute atomic E-state index is 0.0506. The van der Waals surface area contributed by atoms with E-state index in [1.54, 1.807) is 6.20 Å². The maximum absolute atomic E-state index is 5.38. The zero-order valence-electron chi connectivity index (χ0n) is 9.58. The van der Waals surface area contributed by atoms with Crippen LogP contribution in [-0.4, -0.2) is 28.7 Å². The third-order valence-electron chi connectivity index (χ3n) is 2.74. The molecule has 16 heavy (non-hydrogen) atoms. The smallest absolute Gasteiger partial charge is 0.239 e. The van der Waals surface area contributed by atoms with Crippen molar-refractivity contribution in [3.63, 3.8) is 0 Å². The predicted molar refractivity (Wildman–Crippen MR) is 62.0 cm³/mol. The summed E-state index contributed by atoms with van der Waals surface area (Å²) in [5.41, 5.74) is 3.38. The van der Waals surface area contributed by atoms with Gasteiger partial charge in [-0.25, -0.2) is 10.8 Å². The minimum Gasteiger partial charge on any atom is -0.379 e. The van der Waals surface area contributed by atoms with Gasteiger partial charge in [-0.1, -0.05) is 0 Å². The Morgan fingerprint density at radius 2 is 2.38 bits per heavy atom. The summed E-state index contributed by atoms with van der Waals surface area (Å²) in [4.78, 5) is 8.32. The molecule has 1 atom stereocenters. The van der Waals surface area contributed by atoms with Crippen LogP contribution in [0.3, 0.4) is 0 Å². The number of nitrogen functional groups attached to an aromatic ring is 1. The highest BCUT2D eigenvalue weighted by Gasteiger charge is 2.30. The van der Waals surface area contributed by atoms with Crippen molar-refractivity contribution in [2.75, 3.05) is 24.0 Å². The molecule has 0 bridgehead atoms. The lowest BCUT2D eigenvalue weighted by Gasteiger charge is -2.25. The number of rotatable bonds is 3. The summed E-state index contributed by atoms with van der Waals surface area (Å²) in [5.74, 6) is 6.50. The molecule has 1 aromatic heterocycles. The van der Waals surface area contributed by atoms with Crippen molar-refractivity contribution in [1.29, 1.82) is 0 Å². The fourth-order valence-electron chi connectivity index (χ4n) is 1.69. The molecule has 1 saturated heterocycles. The van der Waals surface area contributed by atoms with E-state index in [1.165, 1.54) is 0 Å². The largest absolute Gasteiger partial charge is 0.379 e. The summed E-state index contributed by atoms with van der Waals surface area (Å²) in [6.07, 6.45) is 2.71. The van der Waals surface area contributed by atoms with Crippen LogP contribution in [0.1, 0.15) is 18.9 Å². The van der Waals surface area contributed by atoms with Gasteiger partial charge in [0.15, 0.2) is 0 Å². The molecule has 0 saturated carbocycles. The molecule has 88 valence electrons. The molecule has 1 aliphatic heterocycles. The number of anilines is 2. The van der Waals surface area contributed by atoms with Crippen LogP contribution in [0.15, 0.2) is 6.20 Å². The molecule has 1 aliphatic rings. The number of ether oxygens (including phenoxy) is 1. The maximum atomic E-state index is 5.38. The van der Waals surface area contributed by atoms with Crippen molar-refractivity contribution in [1.82, 2.24) is 9.97 Å². The third-order valence-corrected chi connectivity index (χ3v) is 2.74. The molecule has 4 N–H and O–H groups in total. The first-order chi connectivity index (χ1) is 7.63. The predicted octanol–water partition coefficient (Wildman–Crippen LogP) is 0.662. The molecule has 0 aromatic carbocycles. The topological polar surface area (TPSA) is 85.1 Å². The molecular weight excluding hydrogens is 206 g/mol. The van der Waals surface area contributed by atoms with Gasteiger partial charge in [-0.3, -0.25) is 5.43 Å². The molecule has 6 nitrogen and oxygen atoms in total. The number of hydrazine groups is 1. The van der Waals surface area contributed by atoms with E-state index in [0.29, 0.717) is 12.6 Å². The van der Waals surface area contributed by atoms with Gasteiger partial charge in [-0.05, 0) is 20.3 Å². The van der Waals surface area contributed by atoms with E-state index in [0.717, 1.165) is 24.4 Å². The normalized spacial score (nSPS) is 24.4.